The molecule has 1 aromatic heterocycles. The first kappa shape index (κ1) is 13.6. The lowest BCUT2D eigenvalue weighted by Crippen LogP contribution is -2.48. The molecule has 1 unspecified atom stereocenters. The highest BCUT2D eigenvalue weighted by molar-refractivity contribution is 5.09. The summed E-state index contributed by atoms with van der Waals surface area (Å²) in [5.41, 5.74) is 0.374. The molecule has 2 rings (SSSR count). The largest absolute Gasteiger partial charge is 0.466 e. The number of hydrogen-bond donors (Lipinski definition) is 0. The van der Waals surface area contributed by atoms with Gasteiger partial charge >= 0.3 is 0 Å². The van der Waals surface area contributed by atoms with E-state index in [-0.39, 0.29) is 0 Å². The molecule has 3 heteroatoms. The number of rotatable bonds is 6. The van der Waals surface area contributed by atoms with Crippen molar-refractivity contribution in [3.05, 3.63) is 23.7 Å². The fourth-order valence-corrected chi connectivity index (χ4v) is 2.55. The minimum absolute atomic E-state index is 0.374. The monoisotopic (exact) mass is 251 g/mol. The average molecular weight is 251 g/mol. The fourth-order valence-electron chi connectivity index (χ4n) is 2.55. The fraction of sp³-hybridized carbons (Fsp3) is 0.733. The standard InChI is InChI=1S/C15H25NO2/c1-12(14-6-5-13(2)18-14)7-8-16(4)9-15(3)10-17-11-15/h5-6,12H,7-11H2,1-4H3. The van der Waals surface area contributed by atoms with E-state index in [2.05, 4.69) is 31.9 Å². The van der Waals surface area contributed by atoms with Gasteiger partial charge in [0.25, 0.3) is 0 Å². The van der Waals surface area contributed by atoms with Crippen molar-refractivity contribution in [1.29, 1.82) is 0 Å². The molecule has 18 heavy (non-hydrogen) atoms. The zero-order chi connectivity index (χ0) is 13.2. The smallest absolute Gasteiger partial charge is 0.107 e. The number of furan rings is 1. The SMILES string of the molecule is Cc1ccc(C(C)CCN(C)CC2(C)COC2)o1. The molecule has 3 nitrogen and oxygen atoms in total. The van der Waals surface area contributed by atoms with E-state index in [4.69, 9.17) is 9.15 Å². The molecule has 102 valence electrons. The summed E-state index contributed by atoms with van der Waals surface area (Å²) in [6.45, 7) is 10.6. The van der Waals surface area contributed by atoms with Crippen LogP contribution in [0, 0.1) is 12.3 Å². The maximum absolute atomic E-state index is 5.67. The first-order valence-corrected chi connectivity index (χ1v) is 6.81. The molecule has 1 aliphatic heterocycles. The molecular formula is C15H25NO2. The molecular weight excluding hydrogens is 226 g/mol. The third-order valence-corrected chi connectivity index (χ3v) is 3.74. The highest BCUT2D eigenvalue weighted by Gasteiger charge is 2.34. The van der Waals surface area contributed by atoms with Crippen LogP contribution >= 0.6 is 0 Å². The molecule has 0 aromatic carbocycles. The lowest BCUT2D eigenvalue weighted by atomic mass is 9.88. The average Bonchev–Trinajstić information content (AvgIpc) is 2.70. The van der Waals surface area contributed by atoms with Gasteiger partial charge in [0.15, 0.2) is 0 Å². The maximum Gasteiger partial charge on any atom is 0.107 e. The third kappa shape index (κ3) is 3.36. The molecule has 1 aromatic rings. The second-order valence-electron chi connectivity index (χ2n) is 6.18. The molecule has 0 spiro atoms. The first-order valence-electron chi connectivity index (χ1n) is 6.81. The van der Waals surface area contributed by atoms with Gasteiger partial charge in [0.05, 0.1) is 13.2 Å². The quantitative estimate of drug-likeness (QED) is 0.777. The van der Waals surface area contributed by atoms with E-state index >= 15 is 0 Å². The van der Waals surface area contributed by atoms with E-state index in [9.17, 15) is 0 Å². The zero-order valence-electron chi connectivity index (χ0n) is 12.0. The van der Waals surface area contributed by atoms with Gasteiger partial charge in [-0.2, -0.15) is 0 Å². The summed E-state index contributed by atoms with van der Waals surface area (Å²) in [6.07, 6.45) is 1.14. The molecule has 0 saturated carbocycles. The second kappa shape index (κ2) is 5.45. The Hall–Kier alpha value is -0.800. The molecule has 2 heterocycles. The van der Waals surface area contributed by atoms with E-state index < -0.39 is 0 Å². The Morgan fingerprint density at radius 3 is 2.61 bits per heavy atom. The third-order valence-electron chi connectivity index (χ3n) is 3.74. The Balaban J connectivity index is 1.73. The van der Waals surface area contributed by atoms with Crippen LogP contribution in [-0.2, 0) is 4.74 Å². The van der Waals surface area contributed by atoms with E-state index in [0.29, 0.717) is 11.3 Å². The van der Waals surface area contributed by atoms with Gasteiger partial charge in [0.1, 0.15) is 11.5 Å². The Kier molecular flexibility index (Phi) is 4.13. The normalized spacial score (nSPS) is 19.8. The van der Waals surface area contributed by atoms with Crippen LogP contribution in [-0.4, -0.2) is 38.3 Å². The van der Waals surface area contributed by atoms with Gasteiger partial charge in [-0.1, -0.05) is 13.8 Å². The first-order chi connectivity index (χ1) is 8.48. The summed E-state index contributed by atoms with van der Waals surface area (Å²) >= 11 is 0. The van der Waals surface area contributed by atoms with Gasteiger partial charge in [-0.3, -0.25) is 0 Å². The maximum atomic E-state index is 5.67. The Labute approximate surface area is 110 Å². The molecule has 0 aliphatic carbocycles. The van der Waals surface area contributed by atoms with Crippen molar-refractivity contribution in [2.75, 3.05) is 33.4 Å². The highest BCUT2D eigenvalue weighted by atomic mass is 16.5. The van der Waals surface area contributed by atoms with Crippen molar-refractivity contribution in [1.82, 2.24) is 4.90 Å². The molecule has 0 amide bonds. The van der Waals surface area contributed by atoms with E-state index in [1.807, 2.05) is 13.0 Å². The van der Waals surface area contributed by atoms with Crippen molar-refractivity contribution in [3.63, 3.8) is 0 Å². The number of nitrogens with zero attached hydrogens (tertiary/aromatic N) is 1. The van der Waals surface area contributed by atoms with Gasteiger partial charge in [-0.15, -0.1) is 0 Å². The van der Waals surface area contributed by atoms with Gasteiger partial charge < -0.3 is 14.1 Å². The van der Waals surface area contributed by atoms with Crippen LogP contribution in [0.25, 0.3) is 0 Å². The van der Waals surface area contributed by atoms with Crippen LogP contribution in [0.15, 0.2) is 16.5 Å². The molecule has 0 bridgehead atoms. The number of aryl methyl sites for hydroxylation is 1. The van der Waals surface area contributed by atoms with E-state index in [1.54, 1.807) is 0 Å². The van der Waals surface area contributed by atoms with Gasteiger partial charge in [0, 0.05) is 17.9 Å². The highest BCUT2D eigenvalue weighted by Crippen LogP contribution is 2.28. The minimum atomic E-state index is 0.374. The van der Waals surface area contributed by atoms with Gasteiger partial charge in [-0.25, -0.2) is 0 Å². The van der Waals surface area contributed by atoms with Crippen molar-refractivity contribution in [3.8, 4) is 0 Å². The van der Waals surface area contributed by atoms with Crippen molar-refractivity contribution >= 4 is 0 Å². The van der Waals surface area contributed by atoms with Crippen molar-refractivity contribution < 1.29 is 9.15 Å². The van der Waals surface area contributed by atoms with E-state index in [1.165, 1.54) is 0 Å². The molecule has 1 aliphatic rings. The Morgan fingerprint density at radius 2 is 2.11 bits per heavy atom. The summed E-state index contributed by atoms with van der Waals surface area (Å²) in [5.74, 6) is 2.61. The Morgan fingerprint density at radius 1 is 1.39 bits per heavy atom. The second-order valence-corrected chi connectivity index (χ2v) is 6.18. The summed E-state index contributed by atoms with van der Waals surface area (Å²) in [5, 5.41) is 0. The summed E-state index contributed by atoms with van der Waals surface area (Å²) in [4.78, 5) is 2.41. The lowest BCUT2D eigenvalue weighted by molar-refractivity contribution is -0.112. The number of hydrogen-bond acceptors (Lipinski definition) is 3. The predicted molar refractivity (Wildman–Crippen MR) is 72.9 cm³/mol. The van der Waals surface area contributed by atoms with Crippen LogP contribution in [0.1, 0.15) is 37.7 Å². The van der Waals surface area contributed by atoms with Gasteiger partial charge in [-0.05, 0) is 39.1 Å². The summed E-state index contributed by atoms with van der Waals surface area (Å²) in [6, 6.07) is 4.14. The molecule has 0 radical (unpaired) electrons. The molecule has 1 saturated heterocycles. The van der Waals surface area contributed by atoms with Crippen LogP contribution in [0.4, 0.5) is 0 Å². The predicted octanol–water partition coefficient (Wildman–Crippen LogP) is 3.05. The van der Waals surface area contributed by atoms with Crippen LogP contribution in [0.5, 0.6) is 0 Å². The lowest BCUT2D eigenvalue weighted by Gasteiger charge is -2.41. The van der Waals surface area contributed by atoms with Crippen LogP contribution < -0.4 is 0 Å². The summed E-state index contributed by atoms with van der Waals surface area (Å²) in [7, 11) is 2.20. The zero-order valence-corrected chi connectivity index (χ0v) is 12.0. The van der Waals surface area contributed by atoms with E-state index in [0.717, 1.165) is 44.2 Å². The number of ether oxygens (including phenoxy) is 1. The topological polar surface area (TPSA) is 25.6 Å². The van der Waals surface area contributed by atoms with Crippen molar-refractivity contribution in [2.45, 2.75) is 33.1 Å². The summed E-state index contributed by atoms with van der Waals surface area (Å²) < 4.78 is 11.0. The van der Waals surface area contributed by atoms with Gasteiger partial charge in [0.2, 0.25) is 0 Å². The Bertz CT molecular complexity index is 382. The molecule has 1 fully saturated rings. The molecule has 0 N–H and O–H groups in total. The minimum Gasteiger partial charge on any atom is -0.466 e. The van der Waals surface area contributed by atoms with Crippen LogP contribution in [0.3, 0.4) is 0 Å². The van der Waals surface area contributed by atoms with Crippen LogP contribution in [0.2, 0.25) is 0 Å². The molecule has 1 atom stereocenters. The van der Waals surface area contributed by atoms with Crippen molar-refractivity contribution in [2.24, 2.45) is 5.41 Å².